The van der Waals surface area contributed by atoms with Crippen LogP contribution in [0.25, 0.3) is 10.2 Å². The maximum Gasteiger partial charge on any atom is 0.250 e. The van der Waals surface area contributed by atoms with Gasteiger partial charge in [0.2, 0.25) is 0 Å². The van der Waals surface area contributed by atoms with Crippen LogP contribution >= 0.6 is 23.1 Å². The van der Waals surface area contributed by atoms with Crippen molar-refractivity contribution >= 4 is 45.4 Å². The third kappa shape index (κ3) is 3.90. The quantitative estimate of drug-likeness (QED) is 0.444. The second-order valence-electron chi connectivity index (χ2n) is 4.28. The fourth-order valence-corrected chi connectivity index (χ4v) is 3.56. The van der Waals surface area contributed by atoms with E-state index in [0.29, 0.717) is 5.69 Å². The van der Waals surface area contributed by atoms with Gasteiger partial charge >= 0.3 is 0 Å². The van der Waals surface area contributed by atoms with Gasteiger partial charge in [0.15, 0.2) is 4.34 Å². The number of aromatic nitrogens is 2. The average Bonchev–Trinajstić information content (AvgIpc) is 2.97. The van der Waals surface area contributed by atoms with Gasteiger partial charge in [-0.25, -0.2) is 10.4 Å². The zero-order chi connectivity index (χ0) is 15.2. The first-order valence-corrected chi connectivity index (χ1v) is 8.33. The normalized spacial score (nSPS) is 11.1. The first-order valence-electron chi connectivity index (χ1n) is 6.52. The molecular formula is C15H12N4OS2. The number of carbonyl (C=O) groups is 1. The van der Waals surface area contributed by atoms with Crippen molar-refractivity contribution in [3.05, 3.63) is 54.4 Å². The summed E-state index contributed by atoms with van der Waals surface area (Å²) in [6, 6.07) is 13.4. The topological polar surface area (TPSA) is 67.2 Å². The van der Waals surface area contributed by atoms with E-state index in [4.69, 9.17) is 0 Å². The van der Waals surface area contributed by atoms with E-state index in [9.17, 15) is 4.79 Å². The maximum absolute atomic E-state index is 11.7. The Hall–Kier alpha value is -2.25. The van der Waals surface area contributed by atoms with Crippen molar-refractivity contribution in [1.82, 2.24) is 15.4 Å². The van der Waals surface area contributed by atoms with E-state index >= 15 is 0 Å². The molecule has 0 atom stereocenters. The van der Waals surface area contributed by atoms with E-state index in [1.165, 1.54) is 18.0 Å². The lowest BCUT2D eigenvalue weighted by Gasteiger charge is -1.97. The summed E-state index contributed by atoms with van der Waals surface area (Å²) in [6.07, 6.45) is 3.19. The van der Waals surface area contributed by atoms with Gasteiger partial charge in [-0.05, 0) is 24.3 Å². The Morgan fingerprint density at radius 1 is 1.27 bits per heavy atom. The van der Waals surface area contributed by atoms with Crippen molar-refractivity contribution in [1.29, 1.82) is 0 Å². The van der Waals surface area contributed by atoms with E-state index in [0.717, 1.165) is 14.6 Å². The van der Waals surface area contributed by atoms with Crippen LogP contribution in [-0.2, 0) is 4.79 Å². The van der Waals surface area contributed by atoms with Gasteiger partial charge in [-0.1, -0.05) is 30.0 Å². The van der Waals surface area contributed by atoms with Crippen LogP contribution in [-0.4, -0.2) is 27.8 Å². The fourth-order valence-electron chi connectivity index (χ4n) is 1.70. The van der Waals surface area contributed by atoms with Crippen molar-refractivity contribution < 1.29 is 4.79 Å². The number of amides is 1. The zero-order valence-electron chi connectivity index (χ0n) is 11.5. The number of nitrogens with one attached hydrogen (secondary N) is 1. The molecular weight excluding hydrogens is 316 g/mol. The minimum atomic E-state index is -0.170. The van der Waals surface area contributed by atoms with Crippen molar-refractivity contribution in [2.24, 2.45) is 5.10 Å². The summed E-state index contributed by atoms with van der Waals surface area (Å²) in [5, 5.41) is 3.88. The minimum Gasteiger partial charge on any atom is -0.272 e. The highest BCUT2D eigenvalue weighted by atomic mass is 32.2. The molecule has 110 valence electrons. The smallest absolute Gasteiger partial charge is 0.250 e. The van der Waals surface area contributed by atoms with E-state index in [-0.39, 0.29) is 11.7 Å². The monoisotopic (exact) mass is 328 g/mol. The molecule has 3 aromatic rings. The Labute approximate surface area is 135 Å². The Kier molecular flexibility index (Phi) is 4.77. The Morgan fingerprint density at radius 3 is 2.95 bits per heavy atom. The zero-order valence-corrected chi connectivity index (χ0v) is 13.1. The van der Waals surface area contributed by atoms with Crippen LogP contribution in [0.15, 0.2) is 58.1 Å². The standard InChI is InChI=1S/C15H12N4OS2/c20-14(19-17-9-11-5-3-4-8-16-11)10-21-15-18-12-6-1-2-7-13(12)22-15/h1-9H,10H2,(H,19,20)/b17-9+. The lowest BCUT2D eigenvalue weighted by Crippen LogP contribution is -2.19. The first kappa shape index (κ1) is 14.7. The van der Waals surface area contributed by atoms with Crippen LogP contribution in [0.4, 0.5) is 0 Å². The molecule has 0 unspecified atom stereocenters. The number of fused-ring (bicyclic) bond motifs is 1. The summed E-state index contributed by atoms with van der Waals surface area (Å²) >= 11 is 2.99. The van der Waals surface area contributed by atoms with Crippen LogP contribution in [0, 0.1) is 0 Å². The molecule has 0 aliphatic rings. The van der Waals surface area contributed by atoms with Crippen molar-refractivity contribution in [3.63, 3.8) is 0 Å². The Bertz CT molecular complexity index is 768. The molecule has 1 N–H and O–H groups in total. The summed E-state index contributed by atoms with van der Waals surface area (Å²) in [5.41, 5.74) is 4.14. The molecule has 0 fully saturated rings. The predicted octanol–water partition coefficient (Wildman–Crippen LogP) is 2.93. The highest BCUT2D eigenvalue weighted by Crippen LogP contribution is 2.28. The van der Waals surface area contributed by atoms with Gasteiger partial charge in [-0.3, -0.25) is 9.78 Å². The molecule has 1 amide bonds. The molecule has 0 saturated heterocycles. The molecule has 1 aromatic carbocycles. The van der Waals surface area contributed by atoms with E-state index in [2.05, 4.69) is 20.5 Å². The largest absolute Gasteiger partial charge is 0.272 e. The summed E-state index contributed by atoms with van der Waals surface area (Å²) < 4.78 is 2.00. The fraction of sp³-hybridized carbons (Fsp3) is 0.0667. The third-order valence-electron chi connectivity index (χ3n) is 2.67. The number of hydrogen-bond donors (Lipinski definition) is 1. The summed E-state index contributed by atoms with van der Waals surface area (Å²) in [7, 11) is 0. The van der Waals surface area contributed by atoms with Crippen molar-refractivity contribution in [2.45, 2.75) is 4.34 Å². The van der Waals surface area contributed by atoms with Gasteiger partial charge in [0.1, 0.15) is 0 Å². The lowest BCUT2D eigenvalue weighted by molar-refractivity contribution is -0.118. The van der Waals surface area contributed by atoms with Gasteiger partial charge in [-0.15, -0.1) is 11.3 Å². The SMILES string of the molecule is O=C(CSc1nc2ccccc2s1)N/N=C/c1ccccn1. The molecule has 0 radical (unpaired) electrons. The van der Waals surface area contributed by atoms with Crippen molar-refractivity contribution in [3.8, 4) is 0 Å². The van der Waals surface area contributed by atoms with Crippen LogP contribution < -0.4 is 5.43 Å². The number of hydrazone groups is 1. The van der Waals surface area contributed by atoms with Gasteiger partial charge in [0.05, 0.1) is 27.9 Å². The number of hydrogen-bond acceptors (Lipinski definition) is 6. The van der Waals surface area contributed by atoms with E-state index in [1.807, 2.05) is 42.5 Å². The van der Waals surface area contributed by atoms with Crippen LogP contribution in [0.2, 0.25) is 0 Å². The van der Waals surface area contributed by atoms with Crippen LogP contribution in [0.1, 0.15) is 5.69 Å². The van der Waals surface area contributed by atoms with Crippen LogP contribution in [0.5, 0.6) is 0 Å². The number of nitrogens with zero attached hydrogens (tertiary/aromatic N) is 3. The van der Waals surface area contributed by atoms with Crippen LogP contribution in [0.3, 0.4) is 0 Å². The highest BCUT2D eigenvalue weighted by Gasteiger charge is 2.06. The molecule has 22 heavy (non-hydrogen) atoms. The number of rotatable bonds is 5. The molecule has 0 bridgehead atoms. The Morgan fingerprint density at radius 2 is 2.14 bits per heavy atom. The van der Waals surface area contributed by atoms with Gasteiger partial charge in [0, 0.05) is 6.20 Å². The number of carbonyl (C=O) groups excluding carboxylic acids is 1. The lowest BCUT2D eigenvalue weighted by atomic mass is 10.3. The first-order chi connectivity index (χ1) is 10.8. The van der Waals surface area contributed by atoms with E-state index in [1.54, 1.807) is 17.5 Å². The van der Waals surface area contributed by atoms with Gasteiger partial charge in [0.25, 0.3) is 5.91 Å². The molecule has 0 aliphatic heterocycles. The number of pyridine rings is 1. The summed E-state index contributed by atoms with van der Waals surface area (Å²) in [4.78, 5) is 20.3. The molecule has 2 heterocycles. The molecule has 0 spiro atoms. The third-order valence-corrected chi connectivity index (χ3v) is 4.85. The second kappa shape index (κ2) is 7.15. The maximum atomic E-state index is 11.7. The number of thiazole rings is 1. The van der Waals surface area contributed by atoms with Gasteiger partial charge in [-0.2, -0.15) is 5.10 Å². The predicted molar refractivity (Wildman–Crippen MR) is 90.3 cm³/mol. The Balaban J connectivity index is 1.51. The van der Waals surface area contributed by atoms with Gasteiger partial charge < -0.3 is 0 Å². The molecule has 0 saturated carbocycles. The second-order valence-corrected chi connectivity index (χ2v) is 6.54. The molecule has 3 rings (SSSR count). The number of para-hydroxylation sites is 1. The number of benzene rings is 1. The van der Waals surface area contributed by atoms with E-state index < -0.39 is 0 Å². The minimum absolute atomic E-state index is 0.170. The molecule has 0 aliphatic carbocycles. The molecule has 7 heteroatoms. The summed E-state index contributed by atoms with van der Waals surface area (Å²) in [5.74, 6) is 0.107. The van der Waals surface area contributed by atoms with Crippen molar-refractivity contribution in [2.75, 3.05) is 5.75 Å². The molecule has 5 nitrogen and oxygen atoms in total. The average molecular weight is 328 g/mol. The summed E-state index contributed by atoms with van der Waals surface area (Å²) in [6.45, 7) is 0. The highest BCUT2D eigenvalue weighted by molar-refractivity contribution is 8.01. The molecule has 2 aromatic heterocycles. The number of thioether (sulfide) groups is 1.